The lowest BCUT2D eigenvalue weighted by Crippen LogP contribution is -2.25. The number of carbonyl (C=O) groups is 1. The number of hydrogen-bond acceptors (Lipinski definition) is 5. The lowest BCUT2D eigenvalue weighted by molar-refractivity contribution is -0.117. The first-order chi connectivity index (χ1) is 12.8. The fraction of sp³-hybridized carbons (Fsp3) is 0.350. The van der Waals surface area contributed by atoms with Crippen LogP contribution in [0, 0.1) is 6.92 Å². The van der Waals surface area contributed by atoms with Gasteiger partial charge in [0.2, 0.25) is 5.91 Å². The molecule has 2 aromatic carbocycles. The Morgan fingerprint density at radius 1 is 1.19 bits per heavy atom. The molecule has 0 spiro atoms. The number of fused-ring (bicyclic) bond motifs is 1. The predicted octanol–water partition coefficient (Wildman–Crippen LogP) is 2.95. The maximum absolute atomic E-state index is 12.2. The molecule has 0 saturated heterocycles. The molecule has 2 aromatic rings. The largest absolute Gasteiger partial charge is 0.508 e. The number of likely N-dealkylation sites (N-methyl/N-ethyl adjacent to an activating group) is 1. The van der Waals surface area contributed by atoms with Crippen LogP contribution in [0.3, 0.4) is 0 Å². The van der Waals surface area contributed by atoms with E-state index in [1.165, 1.54) is 12.1 Å². The van der Waals surface area contributed by atoms with Crippen LogP contribution in [0.5, 0.6) is 5.75 Å². The van der Waals surface area contributed by atoms with Gasteiger partial charge in [0, 0.05) is 12.2 Å². The van der Waals surface area contributed by atoms with Crippen LogP contribution in [-0.4, -0.2) is 32.6 Å². The van der Waals surface area contributed by atoms with Crippen molar-refractivity contribution in [3.63, 3.8) is 0 Å². The highest BCUT2D eigenvalue weighted by Crippen LogP contribution is 2.34. The van der Waals surface area contributed by atoms with Gasteiger partial charge in [-0.1, -0.05) is 17.7 Å². The Hall–Kier alpha value is -2.38. The van der Waals surface area contributed by atoms with Crippen LogP contribution in [0.1, 0.15) is 30.0 Å². The maximum atomic E-state index is 12.2. The number of benzene rings is 2. The SMILES string of the molecule is CCN1C(=O)Cc2cc(O)c(CCCOS(=O)(=O)c3ccc(C)cc3)cc21. The topological polar surface area (TPSA) is 83.9 Å². The average Bonchev–Trinajstić information content (AvgIpc) is 2.92. The highest BCUT2D eigenvalue weighted by Gasteiger charge is 2.27. The minimum Gasteiger partial charge on any atom is -0.508 e. The van der Waals surface area contributed by atoms with Gasteiger partial charge in [0.15, 0.2) is 0 Å². The number of phenolic OH excluding ortho intramolecular Hbond substituents is 1. The lowest BCUT2D eigenvalue weighted by atomic mass is 10.0. The molecule has 3 rings (SSSR count). The van der Waals surface area contributed by atoms with Gasteiger partial charge in [0.1, 0.15) is 5.75 Å². The van der Waals surface area contributed by atoms with Crippen LogP contribution in [0.15, 0.2) is 41.3 Å². The molecule has 6 nitrogen and oxygen atoms in total. The molecule has 27 heavy (non-hydrogen) atoms. The molecule has 0 aromatic heterocycles. The molecule has 0 saturated carbocycles. The molecule has 1 aliphatic rings. The Labute approximate surface area is 159 Å². The summed E-state index contributed by atoms with van der Waals surface area (Å²) in [7, 11) is -3.79. The molecule has 0 aliphatic carbocycles. The van der Waals surface area contributed by atoms with Crippen molar-refractivity contribution in [1.29, 1.82) is 0 Å². The molecular formula is C20H23NO5S. The second-order valence-corrected chi connectivity index (χ2v) is 8.23. The summed E-state index contributed by atoms with van der Waals surface area (Å²) in [5.74, 6) is 0.150. The number of aromatic hydroxyl groups is 1. The summed E-state index contributed by atoms with van der Waals surface area (Å²) in [5.41, 5.74) is 3.30. The first-order valence-corrected chi connectivity index (χ1v) is 10.3. The van der Waals surface area contributed by atoms with Gasteiger partial charge in [-0.25, -0.2) is 0 Å². The summed E-state index contributed by atoms with van der Waals surface area (Å²) in [6.45, 7) is 4.38. The summed E-state index contributed by atoms with van der Waals surface area (Å²) in [4.78, 5) is 13.8. The molecule has 0 fully saturated rings. The minimum atomic E-state index is -3.79. The van der Waals surface area contributed by atoms with Gasteiger partial charge in [0.05, 0.1) is 17.9 Å². The zero-order valence-corrected chi connectivity index (χ0v) is 16.3. The zero-order valence-electron chi connectivity index (χ0n) is 15.4. The van der Waals surface area contributed by atoms with Crippen molar-refractivity contribution in [3.8, 4) is 5.75 Å². The van der Waals surface area contributed by atoms with Gasteiger partial charge < -0.3 is 10.0 Å². The van der Waals surface area contributed by atoms with Crippen molar-refractivity contribution in [3.05, 3.63) is 53.1 Å². The number of carbonyl (C=O) groups excluding carboxylic acids is 1. The number of rotatable bonds is 7. The van der Waals surface area contributed by atoms with E-state index in [0.717, 1.165) is 16.8 Å². The Morgan fingerprint density at radius 3 is 2.56 bits per heavy atom. The third-order valence-corrected chi connectivity index (χ3v) is 5.99. The minimum absolute atomic E-state index is 0.0170. The van der Waals surface area contributed by atoms with Crippen LogP contribution < -0.4 is 4.90 Å². The molecule has 0 unspecified atom stereocenters. The second kappa shape index (κ2) is 7.70. The molecule has 0 radical (unpaired) electrons. The normalized spacial score (nSPS) is 13.9. The molecule has 1 amide bonds. The molecule has 1 heterocycles. The Bertz CT molecular complexity index is 951. The van der Waals surface area contributed by atoms with Crippen molar-refractivity contribution >= 4 is 21.7 Å². The number of anilines is 1. The first kappa shape index (κ1) is 19.4. The van der Waals surface area contributed by atoms with Crippen LogP contribution in [0.2, 0.25) is 0 Å². The van der Waals surface area contributed by atoms with Gasteiger partial charge in [-0.3, -0.25) is 8.98 Å². The van der Waals surface area contributed by atoms with E-state index in [9.17, 15) is 18.3 Å². The smallest absolute Gasteiger partial charge is 0.296 e. The van der Waals surface area contributed by atoms with Crippen molar-refractivity contribution < 1.29 is 22.5 Å². The highest BCUT2D eigenvalue weighted by molar-refractivity contribution is 7.86. The average molecular weight is 389 g/mol. The van der Waals surface area contributed by atoms with Crippen molar-refractivity contribution in [2.45, 2.75) is 38.0 Å². The highest BCUT2D eigenvalue weighted by atomic mass is 32.2. The van der Waals surface area contributed by atoms with E-state index in [1.807, 2.05) is 19.9 Å². The summed E-state index contributed by atoms with van der Waals surface area (Å²) in [6.07, 6.45) is 1.18. The molecule has 0 bridgehead atoms. The number of amides is 1. The monoisotopic (exact) mass is 389 g/mol. The van der Waals surface area contributed by atoms with E-state index in [1.54, 1.807) is 23.1 Å². The van der Waals surface area contributed by atoms with E-state index in [0.29, 0.717) is 31.4 Å². The molecule has 1 aliphatic heterocycles. The van der Waals surface area contributed by atoms with Crippen molar-refractivity contribution in [2.24, 2.45) is 0 Å². The molecule has 0 atom stereocenters. The Kier molecular flexibility index (Phi) is 5.53. The van der Waals surface area contributed by atoms with Crippen LogP contribution in [0.4, 0.5) is 5.69 Å². The van der Waals surface area contributed by atoms with Gasteiger partial charge >= 0.3 is 0 Å². The van der Waals surface area contributed by atoms with Crippen molar-refractivity contribution in [2.75, 3.05) is 18.1 Å². The summed E-state index contributed by atoms with van der Waals surface area (Å²) in [6, 6.07) is 9.93. The number of hydrogen-bond donors (Lipinski definition) is 1. The van der Waals surface area contributed by atoms with E-state index < -0.39 is 10.1 Å². The van der Waals surface area contributed by atoms with Crippen LogP contribution in [0.25, 0.3) is 0 Å². The Morgan fingerprint density at radius 2 is 1.89 bits per heavy atom. The number of phenols is 1. The van der Waals surface area contributed by atoms with Gasteiger partial charge in [-0.2, -0.15) is 8.42 Å². The van der Waals surface area contributed by atoms with E-state index in [-0.39, 0.29) is 23.2 Å². The molecule has 1 N–H and O–H groups in total. The summed E-state index contributed by atoms with van der Waals surface area (Å²) >= 11 is 0. The predicted molar refractivity (Wildman–Crippen MR) is 102 cm³/mol. The molecule has 7 heteroatoms. The first-order valence-electron chi connectivity index (χ1n) is 8.93. The van der Waals surface area contributed by atoms with Crippen molar-refractivity contribution in [1.82, 2.24) is 0 Å². The molecule has 144 valence electrons. The molecular weight excluding hydrogens is 366 g/mol. The summed E-state index contributed by atoms with van der Waals surface area (Å²) < 4.78 is 29.4. The van der Waals surface area contributed by atoms with Crippen LogP contribution >= 0.6 is 0 Å². The number of nitrogens with zero attached hydrogens (tertiary/aromatic N) is 1. The van der Waals surface area contributed by atoms with E-state index in [4.69, 9.17) is 4.18 Å². The second-order valence-electron chi connectivity index (χ2n) is 6.62. The van der Waals surface area contributed by atoms with Gasteiger partial charge in [-0.05, 0) is 62.1 Å². The van der Waals surface area contributed by atoms with E-state index >= 15 is 0 Å². The maximum Gasteiger partial charge on any atom is 0.296 e. The third kappa shape index (κ3) is 4.14. The standard InChI is InChI=1S/C20H23NO5S/c1-3-21-18-11-15(19(22)12-16(18)13-20(21)23)5-4-10-26-27(24,25)17-8-6-14(2)7-9-17/h6-9,11-12,22H,3-5,10,13H2,1-2H3. The lowest BCUT2D eigenvalue weighted by Gasteiger charge is -2.16. The van der Waals surface area contributed by atoms with Gasteiger partial charge in [0.25, 0.3) is 10.1 Å². The van der Waals surface area contributed by atoms with Crippen LogP contribution in [-0.2, 0) is 31.9 Å². The number of aryl methyl sites for hydroxylation is 2. The fourth-order valence-corrected chi connectivity index (χ4v) is 4.14. The third-order valence-electron chi connectivity index (χ3n) is 4.67. The quantitative estimate of drug-likeness (QED) is 0.581. The zero-order chi connectivity index (χ0) is 19.6. The fourth-order valence-electron chi connectivity index (χ4n) is 3.20. The Balaban J connectivity index is 1.62. The summed E-state index contributed by atoms with van der Waals surface area (Å²) in [5, 5.41) is 10.2. The van der Waals surface area contributed by atoms with E-state index in [2.05, 4.69) is 0 Å². The van der Waals surface area contributed by atoms with Gasteiger partial charge in [-0.15, -0.1) is 0 Å².